The van der Waals surface area contributed by atoms with E-state index in [2.05, 4.69) is 16.9 Å². The molecule has 0 bridgehead atoms. The van der Waals surface area contributed by atoms with E-state index in [4.69, 9.17) is 9.47 Å². The van der Waals surface area contributed by atoms with Gasteiger partial charge < -0.3 is 9.47 Å². The van der Waals surface area contributed by atoms with E-state index in [0.29, 0.717) is 25.5 Å². The number of halogens is 1. The molecule has 0 radical (unpaired) electrons. The highest BCUT2D eigenvalue weighted by molar-refractivity contribution is 5.62. The molecule has 2 rings (SSSR count). The smallest absolute Gasteiger partial charge is 0.316 e. The van der Waals surface area contributed by atoms with Crippen LogP contribution in [0.1, 0.15) is 97.3 Å². The zero-order chi connectivity index (χ0) is 23.6. The summed E-state index contributed by atoms with van der Waals surface area (Å²) in [6.07, 6.45) is 17.1. The molecule has 0 fully saturated rings. The minimum absolute atomic E-state index is 0.370. The Kier molecular flexibility index (Phi) is 14.2. The van der Waals surface area contributed by atoms with Crippen LogP contribution in [-0.2, 0) is 0 Å². The summed E-state index contributed by atoms with van der Waals surface area (Å²) in [5.74, 6) is 0.900. The van der Waals surface area contributed by atoms with Crippen molar-refractivity contribution in [3.8, 4) is 22.9 Å². The van der Waals surface area contributed by atoms with Gasteiger partial charge in [-0.2, -0.15) is 0 Å². The van der Waals surface area contributed by atoms with Crippen molar-refractivity contribution in [2.24, 2.45) is 0 Å². The van der Waals surface area contributed by atoms with Crippen LogP contribution < -0.4 is 9.47 Å². The van der Waals surface area contributed by atoms with Crippen LogP contribution in [0.3, 0.4) is 0 Å². The van der Waals surface area contributed by atoms with E-state index in [0.717, 1.165) is 49.2 Å². The fraction of sp³-hybridized carbons (Fsp3) is 0.643. The molecule has 0 aliphatic rings. The average molecular weight is 459 g/mol. The zero-order valence-electron chi connectivity index (χ0n) is 20.7. The molecule has 4 nitrogen and oxygen atoms in total. The maximum atomic E-state index is 13.5. The predicted octanol–water partition coefficient (Wildman–Crippen LogP) is 8.35. The Hall–Kier alpha value is -2.17. The second-order valence-corrected chi connectivity index (χ2v) is 8.83. The summed E-state index contributed by atoms with van der Waals surface area (Å²) in [6.45, 7) is 5.56. The molecule has 184 valence electrons. The van der Waals surface area contributed by atoms with E-state index in [1.54, 1.807) is 12.4 Å². The molecule has 0 aliphatic heterocycles. The second-order valence-electron chi connectivity index (χ2n) is 8.83. The van der Waals surface area contributed by atoms with E-state index in [9.17, 15) is 4.39 Å². The SMILES string of the molecule is CCCCCCCCCCOc1ccc(-c2cnc(OCCCC[C@H](F)CCC)nc2)cc1. The largest absolute Gasteiger partial charge is 0.494 e. The lowest BCUT2D eigenvalue weighted by Crippen LogP contribution is -2.04. The van der Waals surface area contributed by atoms with Crippen LogP contribution in [0.2, 0.25) is 0 Å². The highest BCUT2D eigenvalue weighted by Crippen LogP contribution is 2.22. The number of rotatable bonds is 19. The molecule has 1 atom stereocenters. The first kappa shape index (κ1) is 27.1. The second kappa shape index (κ2) is 17.3. The van der Waals surface area contributed by atoms with Gasteiger partial charge in [-0.25, -0.2) is 14.4 Å². The molecule has 33 heavy (non-hydrogen) atoms. The van der Waals surface area contributed by atoms with Crippen LogP contribution in [0.5, 0.6) is 11.8 Å². The molecule has 0 saturated heterocycles. The Balaban J connectivity index is 1.61. The van der Waals surface area contributed by atoms with E-state index in [-0.39, 0.29) is 0 Å². The van der Waals surface area contributed by atoms with Crippen molar-refractivity contribution < 1.29 is 13.9 Å². The fourth-order valence-electron chi connectivity index (χ4n) is 3.80. The molecule has 0 unspecified atom stereocenters. The number of benzene rings is 1. The first-order valence-electron chi connectivity index (χ1n) is 13.0. The van der Waals surface area contributed by atoms with Crippen molar-refractivity contribution in [2.75, 3.05) is 13.2 Å². The van der Waals surface area contributed by atoms with Crippen molar-refractivity contribution in [1.82, 2.24) is 9.97 Å². The van der Waals surface area contributed by atoms with Gasteiger partial charge in [-0.05, 0) is 49.8 Å². The molecular weight excluding hydrogens is 415 g/mol. The van der Waals surface area contributed by atoms with Gasteiger partial charge in [0.25, 0.3) is 0 Å². The Morgan fingerprint density at radius 1 is 0.667 bits per heavy atom. The molecule has 0 N–H and O–H groups in total. The highest BCUT2D eigenvalue weighted by Gasteiger charge is 2.05. The number of ether oxygens (including phenoxy) is 2. The molecule has 5 heteroatoms. The molecule has 1 heterocycles. The summed E-state index contributed by atoms with van der Waals surface area (Å²) in [7, 11) is 0. The van der Waals surface area contributed by atoms with E-state index in [1.165, 1.54) is 44.9 Å². The minimum atomic E-state index is -0.688. The lowest BCUT2D eigenvalue weighted by molar-refractivity contribution is 0.255. The standard InChI is InChI=1S/C28H43FN2O2/c1-3-5-6-7-8-9-10-12-20-32-27-18-16-24(17-19-27)25-22-30-28(31-23-25)33-21-13-11-15-26(29)14-4-2/h16-19,22-23,26H,3-15,20-21H2,1-2H3/t26-/m1/s1. The molecule has 0 spiro atoms. The lowest BCUT2D eigenvalue weighted by Gasteiger charge is -2.08. The quantitative estimate of drug-likeness (QED) is 0.198. The Labute approximate surface area is 200 Å². The molecule has 1 aromatic heterocycles. The summed E-state index contributed by atoms with van der Waals surface area (Å²) >= 11 is 0. The highest BCUT2D eigenvalue weighted by atomic mass is 19.1. The molecule has 2 aromatic rings. The number of hydrogen-bond acceptors (Lipinski definition) is 4. The zero-order valence-corrected chi connectivity index (χ0v) is 20.7. The van der Waals surface area contributed by atoms with Crippen molar-refractivity contribution in [1.29, 1.82) is 0 Å². The summed E-state index contributed by atoms with van der Waals surface area (Å²) in [4.78, 5) is 8.61. The van der Waals surface area contributed by atoms with Gasteiger partial charge in [0.05, 0.1) is 13.2 Å². The van der Waals surface area contributed by atoms with Crippen LogP contribution in [0.4, 0.5) is 4.39 Å². The third-order valence-corrected chi connectivity index (χ3v) is 5.83. The van der Waals surface area contributed by atoms with Crippen LogP contribution >= 0.6 is 0 Å². The fourth-order valence-corrected chi connectivity index (χ4v) is 3.80. The maximum absolute atomic E-state index is 13.5. The van der Waals surface area contributed by atoms with Crippen molar-refractivity contribution in [3.63, 3.8) is 0 Å². The topological polar surface area (TPSA) is 44.2 Å². The number of alkyl halides is 1. The van der Waals surface area contributed by atoms with Crippen molar-refractivity contribution in [3.05, 3.63) is 36.7 Å². The summed E-state index contributed by atoms with van der Waals surface area (Å²) < 4.78 is 24.9. The van der Waals surface area contributed by atoms with Crippen LogP contribution in [0, 0.1) is 0 Å². The molecular formula is C28H43FN2O2. The van der Waals surface area contributed by atoms with Gasteiger partial charge in [-0.3, -0.25) is 0 Å². The lowest BCUT2D eigenvalue weighted by atomic mass is 10.1. The Morgan fingerprint density at radius 2 is 1.27 bits per heavy atom. The maximum Gasteiger partial charge on any atom is 0.316 e. The first-order chi connectivity index (χ1) is 16.2. The number of hydrogen-bond donors (Lipinski definition) is 0. The number of nitrogens with zero attached hydrogens (tertiary/aromatic N) is 2. The molecule has 0 aliphatic carbocycles. The summed E-state index contributed by atoms with van der Waals surface area (Å²) in [5, 5.41) is 0. The van der Waals surface area contributed by atoms with Crippen molar-refractivity contribution >= 4 is 0 Å². The minimum Gasteiger partial charge on any atom is -0.494 e. The first-order valence-corrected chi connectivity index (χ1v) is 13.0. The molecule has 1 aromatic carbocycles. The van der Waals surface area contributed by atoms with Gasteiger partial charge in [0.1, 0.15) is 11.9 Å². The third kappa shape index (κ3) is 12.0. The molecule has 0 saturated carbocycles. The van der Waals surface area contributed by atoms with Gasteiger partial charge >= 0.3 is 6.01 Å². The Bertz CT molecular complexity index is 722. The average Bonchev–Trinajstić information content (AvgIpc) is 2.84. The van der Waals surface area contributed by atoms with Crippen molar-refractivity contribution in [2.45, 2.75) is 103 Å². The monoisotopic (exact) mass is 458 g/mol. The summed E-state index contributed by atoms with van der Waals surface area (Å²) in [5.41, 5.74) is 1.99. The van der Waals surface area contributed by atoms with Crippen LogP contribution in [-0.4, -0.2) is 29.4 Å². The van der Waals surface area contributed by atoms with E-state index in [1.807, 2.05) is 31.2 Å². The van der Waals surface area contributed by atoms with Gasteiger partial charge in [0.15, 0.2) is 0 Å². The summed E-state index contributed by atoms with van der Waals surface area (Å²) in [6, 6.07) is 8.44. The predicted molar refractivity (Wildman–Crippen MR) is 135 cm³/mol. The van der Waals surface area contributed by atoms with E-state index >= 15 is 0 Å². The normalized spacial score (nSPS) is 12.0. The molecule has 0 amide bonds. The number of unbranched alkanes of at least 4 members (excludes halogenated alkanes) is 8. The Morgan fingerprint density at radius 3 is 1.94 bits per heavy atom. The van der Waals surface area contributed by atoms with Gasteiger partial charge in [-0.1, -0.05) is 77.3 Å². The van der Waals surface area contributed by atoms with E-state index < -0.39 is 6.17 Å². The van der Waals surface area contributed by atoms with Gasteiger partial charge in [-0.15, -0.1) is 0 Å². The van der Waals surface area contributed by atoms with Gasteiger partial charge in [0, 0.05) is 18.0 Å². The third-order valence-electron chi connectivity index (χ3n) is 5.83. The number of aromatic nitrogens is 2. The van der Waals surface area contributed by atoms with Crippen LogP contribution in [0.15, 0.2) is 36.7 Å². The van der Waals surface area contributed by atoms with Crippen LogP contribution in [0.25, 0.3) is 11.1 Å². The van der Waals surface area contributed by atoms with Gasteiger partial charge in [0.2, 0.25) is 0 Å².